The number of carbonyl (C=O) groups is 1. The van der Waals surface area contributed by atoms with Crippen LogP contribution in [0.4, 0.5) is 13.2 Å². The number of aliphatic hydroxyl groups is 1. The zero-order chi connectivity index (χ0) is 26.3. The first-order valence-electron chi connectivity index (χ1n) is 11.6. The number of likely N-dealkylation sites (tertiary alicyclic amines) is 1. The van der Waals surface area contributed by atoms with Gasteiger partial charge in [0.05, 0.1) is 27.1 Å². The van der Waals surface area contributed by atoms with Crippen LogP contribution >= 0.6 is 0 Å². The maximum Gasteiger partial charge on any atom is 0.287 e. The van der Waals surface area contributed by atoms with Crippen molar-refractivity contribution in [2.75, 3.05) is 33.5 Å². The Morgan fingerprint density at radius 1 is 1.42 bits per heavy atom. The first-order valence-corrected chi connectivity index (χ1v) is 11.1. The summed E-state index contributed by atoms with van der Waals surface area (Å²) in [7, 11) is 1.36. The number of aromatic amines is 1. The summed E-state index contributed by atoms with van der Waals surface area (Å²) < 4.78 is 59.1. The zero-order valence-electron chi connectivity index (χ0n) is 20.2. The molecule has 190 valence electrons. The highest BCUT2D eigenvalue weighted by Crippen LogP contribution is 2.32. The molecular weight excluding hydrogens is 481 g/mol. The van der Waals surface area contributed by atoms with Crippen molar-refractivity contribution in [3.05, 3.63) is 36.1 Å². The van der Waals surface area contributed by atoms with Crippen LogP contribution in [0.2, 0.25) is 0 Å². The summed E-state index contributed by atoms with van der Waals surface area (Å²) in [6.45, 7) is -2.26. The van der Waals surface area contributed by atoms with Gasteiger partial charge in [-0.05, 0) is 30.2 Å². The van der Waals surface area contributed by atoms with Gasteiger partial charge in [0.15, 0.2) is 0 Å². The number of aromatic nitrogens is 6. The van der Waals surface area contributed by atoms with E-state index in [9.17, 15) is 18.0 Å². The largest absolute Gasteiger partial charge is 0.479 e. The summed E-state index contributed by atoms with van der Waals surface area (Å²) in [4.78, 5) is 20.9. The lowest BCUT2D eigenvalue weighted by atomic mass is 10.0. The summed E-state index contributed by atoms with van der Waals surface area (Å²) in [6, 6.07) is 5.34. The number of hydrogen-bond acceptors (Lipinski definition) is 7. The van der Waals surface area contributed by atoms with Crippen molar-refractivity contribution in [3.8, 4) is 17.0 Å². The molecule has 0 spiro atoms. The summed E-state index contributed by atoms with van der Waals surface area (Å²) in [5.74, 6) is -4.07. The Labute approximate surface area is 203 Å². The second-order valence-corrected chi connectivity index (χ2v) is 8.30. The molecule has 0 unspecified atom stereocenters. The third-order valence-corrected chi connectivity index (χ3v) is 6.08. The Hall–Kier alpha value is -3.94. The highest BCUT2D eigenvalue weighted by molar-refractivity contribution is 5.89. The van der Waals surface area contributed by atoms with Crippen molar-refractivity contribution in [1.82, 2.24) is 34.5 Å². The van der Waals surface area contributed by atoms with E-state index in [0.29, 0.717) is 27.7 Å². The number of nitrogens with zero attached hydrogens (tertiary/aromatic N) is 7. The second-order valence-electron chi connectivity index (χ2n) is 8.30. The quantitative estimate of drug-likeness (QED) is 0.405. The summed E-state index contributed by atoms with van der Waals surface area (Å²) in [5.41, 5.74) is 2.62. The molecule has 0 saturated carbocycles. The lowest BCUT2D eigenvalue weighted by molar-refractivity contribution is -0.146. The minimum Gasteiger partial charge on any atom is -0.479 e. The first kappa shape index (κ1) is 22.5. The van der Waals surface area contributed by atoms with Gasteiger partial charge in [0.2, 0.25) is 17.4 Å². The van der Waals surface area contributed by atoms with Crippen LogP contribution in [-0.2, 0) is 11.3 Å². The van der Waals surface area contributed by atoms with Crippen molar-refractivity contribution >= 4 is 22.5 Å². The van der Waals surface area contributed by atoms with Gasteiger partial charge < -0.3 is 14.7 Å². The Kier molecular flexibility index (Phi) is 5.79. The van der Waals surface area contributed by atoms with Crippen LogP contribution in [0, 0.1) is 0 Å². The highest BCUT2D eigenvalue weighted by atomic mass is 19.3. The molecule has 0 aliphatic carbocycles. The smallest absolute Gasteiger partial charge is 0.287 e. The van der Waals surface area contributed by atoms with Gasteiger partial charge in [-0.1, -0.05) is 11.3 Å². The molecular formula is C22H23F3N8O3. The Balaban J connectivity index is 1.57. The third kappa shape index (κ3) is 4.17. The lowest BCUT2D eigenvalue weighted by Crippen LogP contribution is -2.54. The number of aliphatic hydroxyl groups excluding tert-OH is 1. The van der Waals surface area contributed by atoms with Crippen molar-refractivity contribution in [1.29, 1.82) is 0 Å². The molecule has 1 atom stereocenters. The highest BCUT2D eigenvalue weighted by Gasteiger charge is 2.46. The van der Waals surface area contributed by atoms with E-state index >= 15 is 0 Å². The van der Waals surface area contributed by atoms with E-state index < -0.39 is 37.7 Å². The van der Waals surface area contributed by atoms with E-state index in [4.69, 9.17) is 11.2 Å². The number of benzene rings is 1. The molecule has 36 heavy (non-hydrogen) atoms. The normalized spacial score (nSPS) is 18.7. The number of carbonyl (C=O) groups excluding carboxylic acids is 1. The van der Waals surface area contributed by atoms with E-state index in [1.807, 2.05) is 0 Å². The van der Waals surface area contributed by atoms with Crippen LogP contribution < -0.4 is 10.4 Å². The van der Waals surface area contributed by atoms with Crippen molar-refractivity contribution in [2.24, 2.45) is 4.99 Å². The van der Waals surface area contributed by atoms with Gasteiger partial charge in [0, 0.05) is 18.3 Å². The zero-order valence-corrected chi connectivity index (χ0v) is 19.2. The predicted octanol–water partition coefficient (Wildman–Crippen LogP) is 1.18. The van der Waals surface area contributed by atoms with Gasteiger partial charge in [0.1, 0.15) is 30.4 Å². The molecule has 0 bridgehead atoms. The summed E-state index contributed by atoms with van der Waals surface area (Å²) in [5, 5.41) is 19.7. The number of alkyl halides is 3. The number of rotatable bonds is 6. The van der Waals surface area contributed by atoms with Crippen molar-refractivity contribution in [3.63, 3.8) is 0 Å². The van der Waals surface area contributed by atoms with E-state index in [1.165, 1.54) is 16.3 Å². The lowest BCUT2D eigenvalue weighted by Gasteiger charge is -2.36. The average molecular weight is 505 g/mol. The molecule has 1 aliphatic rings. The number of nitrogens with one attached hydrogen (secondary N) is 1. The van der Waals surface area contributed by atoms with Crippen LogP contribution in [-0.4, -0.2) is 91.0 Å². The second kappa shape index (κ2) is 9.26. The number of aryl methyl sites for hydroxylation is 1. The number of piperidine rings is 1. The average Bonchev–Trinajstić information content (AvgIpc) is 3.44. The molecule has 1 amide bonds. The van der Waals surface area contributed by atoms with Gasteiger partial charge in [-0.3, -0.25) is 14.4 Å². The van der Waals surface area contributed by atoms with Crippen LogP contribution in [0.3, 0.4) is 0 Å². The first-order chi connectivity index (χ1) is 17.7. The fourth-order valence-electron chi connectivity index (χ4n) is 4.30. The Bertz CT molecular complexity index is 1550. The number of hydrogen-bond donors (Lipinski definition) is 2. The Morgan fingerprint density at radius 3 is 2.97 bits per heavy atom. The number of halogens is 3. The fraction of sp³-hybridized carbons (Fsp3) is 0.409. The summed E-state index contributed by atoms with van der Waals surface area (Å²) >= 11 is 0. The van der Waals surface area contributed by atoms with Gasteiger partial charge in [0.25, 0.3) is 5.92 Å². The molecule has 3 aromatic heterocycles. The number of ether oxygens (including phenoxy) is 1. The number of amides is 1. The predicted molar refractivity (Wildman–Crippen MR) is 121 cm³/mol. The number of methoxy groups -OCH3 is 1. The third-order valence-electron chi connectivity index (χ3n) is 6.08. The van der Waals surface area contributed by atoms with Gasteiger partial charge >= 0.3 is 0 Å². The molecule has 2 N–H and O–H groups in total. The summed E-state index contributed by atoms with van der Waals surface area (Å²) in [6.07, 6.45) is -0.146. The molecule has 5 rings (SSSR count). The number of fused-ring (bicyclic) bond motifs is 2. The van der Waals surface area contributed by atoms with Gasteiger partial charge in [-0.2, -0.15) is 4.98 Å². The molecule has 4 heterocycles. The molecule has 11 nitrogen and oxygen atoms in total. The van der Waals surface area contributed by atoms with Gasteiger partial charge in [-0.25, -0.2) is 22.8 Å². The van der Waals surface area contributed by atoms with Gasteiger partial charge in [-0.15, -0.1) is 5.10 Å². The molecule has 0 radical (unpaired) electrons. The van der Waals surface area contributed by atoms with Crippen LogP contribution in [0.1, 0.15) is 7.79 Å². The minimum absolute atomic E-state index is 0.00670. The van der Waals surface area contributed by atoms with Crippen molar-refractivity contribution in [2.45, 2.75) is 24.9 Å². The minimum atomic E-state index is -3.35. The molecule has 1 saturated heterocycles. The van der Waals surface area contributed by atoms with E-state index in [2.05, 4.69) is 25.4 Å². The molecule has 4 aromatic rings. The van der Waals surface area contributed by atoms with E-state index in [0.717, 1.165) is 4.90 Å². The Morgan fingerprint density at radius 2 is 2.25 bits per heavy atom. The monoisotopic (exact) mass is 505 g/mol. The topological polar surface area (TPSA) is 126 Å². The molecule has 1 aromatic carbocycles. The van der Waals surface area contributed by atoms with E-state index in [1.54, 1.807) is 24.3 Å². The van der Waals surface area contributed by atoms with Crippen molar-refractivity contribution < 1.29 is 29.2 Å². The SMILES string of the molecule is [2H]c1cc(-c2ccc3nnn(CCF)c3c2)c2c(OC)nc(=N[C@@H]3CCN(C(=O)CO)CC3(F)F)[nH]n12. The molecule has 1 aliphatic heterocycles. The maximum absolute atomic E-state index is 14.8. The van der Waals surface area contributed by atoms with Crippen LogP contribution in [0.25, 0.3) is 27.7 Å². The number of H-pyrrole nitrogens is 1. The van der Waals surface area contributed by atoms with Crippen LogP contribution in [0.5, 0.6) is 5.88 Å². The standard InChI is InChI=1S/C22H23F3N8O3/c1-36-20-19-14(13-2-3-15-16(10-13)32(9-6-23)30-28-15)4-8-33(19)29-21(27-20)26-17-5-7-31(18(35)11-34)12-22(17,24)25/h2-4,8,10,17,34H,5-7,9,11-12H2,1H3,(H,26,29)/t17-/m1/s1/i8D. The maximum atomic E-state index is 14.8. The molecule has 1 fully saturated rings. The fourth-order valence-corrected chi connectivity index (χ4v) is 4.30. The molecule has 14 heteroatoms. The van der Waals surface area contributed by atoms with Crippen LogP contribution in [0.15, 0.2) is 35.4 Å². The van der Waals surface area contributed by atoms with E-state index in [-0.39, 0.29) is 37.2 Å².